The zero-order valence-corrected chi connectivity index (χ0v) is 16.2. The van der Waals surface area contributed by atoms with E-state index in [1.807, 2.05) is 30.3 Å². The van der Waals surface area contributed by atoms with Gasteiger partial charge in [0.1, 0.15) is 11.5 Å². The lowest BCUT2D eigenvalue weighted by Crippen LogP contribution is -2.10. The number of aromatic amines is 1. The average molecular weight is 406 g/mol. The van der Waals surface area contributed by atoms with Gasteiger partial charge < -0.3 is 14.5 Å². The van der Waals surface area contributed by atoms with Gasteiger partial charge in [0.25, 0.3) is 5.56 Å². The fourth-order valence-electron chi connectivity index (χ4n) is 3.12. The SMILES string of the molecule is COc1c(-c2ccc(Oc3ccccc3)cc2)c(=O)c2ccc(Cl)cc2[nH]c1=O. The van der Waals surface area contributed by atoms with E-state index >= 15 is 0 Å². The number of fused-ring (bicyclic) bond motifs is 1. The molecule has 0 aliphatic carbocycles. The molecule has 144 valence electrons. The largest absolute Gasteiger partial charge is 0.491 e. The number of halogens is 1. The Bertz CT molecular complexity index is 1300. The summed E-state index contributed by atoms with van der Waals surface area (Å²) in [5.41, 5.74) is 0.230. The summed E-state index contributed by atoms with van der Waals surface area (Å²) in [5, 5.41) is 0.760. The zero-order chi connectivity index (χ0) is 20.4. The summed E-state index contributed by atoms with van der Waals surface area (Å²) >= 11 is 6.01. The lowest BCUT2D eigenvalue weighted by Gasteiger charge is -2.07. The molecule has 0 fully saturated rings. The average Bonchev–Trinajstić information content (AvgIpc) is 2.82. The molecule has 0 radical (unpaired) electrons. The molecule has 0 aliphatic rings. The van der Waals surface area contributed by atoms with Crippen molar-refractivity contribution in [3.63, 3.8) is 0 Å². The van der Waals surface area contributed by atoms with Crippen molar-refractivity contribution in [2.24, 2.45) is 0 Å². The molecule has 1 aromatic heterocycles. The molecule has 1 heterocycles. The summed E-state index contributed by atoms with van der Waals surface area (Å²) in [6, 6.07) is 21.0. The third-order valence-corrected chi connectivity index (χ3v) is 4.70. The minimum Gasteiger partial charge on any atom is -0.491 e. The predicted molar refractivity (Wildman–Crippen MR) is 114 cm³/mol. The number of hydrogen-bond donors (Lipinski definition) is 1. The number of benzene rings is 3. The minimum atomic E-state index is -0.513. The van der Waals surface area contributed by atoms with Crippen LogP contribution in [0.5, 0.6) is 17.2 Å². The maximum absolute atomic E-state index is 13.2. The van der Waals surface area contributed by atoms with Crippen LogP contribution >= 0.6 is 11.6 Å². The molecule has 0 amide bonds. The fraction of sp³-hybridized carbons (Fsp3) is 0.0435. The molecule has 5 nitrogen and oxygen atoms in total. The van der Waals surface area contributed by atoms with Crippen LogP contribution in [0.15, 0.2) is 82.4 Å². The Morgan fingerprint density at radius 2 is 1.55 bits per heavy atom. The molecule has 0 spiro atoms. The zero-order valence-electron chi connectivity index (χ0n) is 15.4. The van der Waals surface area contributed by atoms with Crippen molar-refractivity contribution in [2.75, 3.05) is 7.11 Å². The van der Waals surface area contributed by atoms with E-state index in [4.69, 9.17) is 21.1 Å². The number of methoxy groups -OCH3 is 1. The summed E-state index contributed by atoms with van der Waals surface area (Å²) in [5.74, 6) is 1.25. The maximum atomic E-state index is 13.2. The Morgan fingerprint density at radius 3 is 2.24 bits per heavy atom. The van der Waals surface area contributed by atoms with Crippen molar-refractivity contribution in [3.8, 4) is 28.4 Å². The monoisotopic (exact) mass is 405 g/mol. The van der Waals surface area contributed by atoms with E-state index in [9.17, 15) is 9.59 Å². The molecule has 0 saturated heterocycles. The number of ether oxygens (including phenoxy) is 2. The van der Waals surface area contributed by atoms with Gasteiger partial charge >= 0.3 is 0 Å². The summed E-state index contributed by atoms with van der Waals surface area (Å²) in [4.78, 5) is 28.6. The van der Waals surface area contributed by atoms with Crippen LogP contribution in [0.25, 0.3) is 22.0 Å². The van der Waals surface area contributed by atoms with Gasteiger partial charge in [-0.1, -0.05) is 41.9 Å². The Labute approximate surface area is 171 Å². The molecule has 4 aromatic rings. The van der Waals surface area contributed by atoms with E-state index in [1.165, 1.54) is 7.11 Å². The molecular weight excluding hydrogens is 390 g/mol. The highest BCUT2D eigenvalue weighted by Crippen LogP contribution is 2.28. The lowest BCUT2D eigenvalue weighted by atomic mass is 10.0. The Morgan fingerprint density at radius 1 is 0.862 bits per heavy atom. The van der Waals surface area contributed by atoms with Crippen molar-refractivity contribution < 1.29 is 9.47 Å². The van der Waals surface area contributed by atoms with Gasteiger partial charge in [-0.15, -0.1) is 0 Å². The Kier molecular flexibility index (Phi) is 5.06. The smallest absolute Gasteiger partial charge is 0.291 e. The molecule has 0 aliphatic heterocycles. The molecule has 0 saturated carbocycles. The van der Waals surface area contributed by atoms with Gasteiger partial charge in [-0.3, -0.25) is 9.59 Å². The Balaban J connectivity index is 1.87. The number of hydrogen-bond acceptors (Lipinski definition) is 4. The molecule has 1 N–H and O–H groups in total. The van der Waals surface area contributed by atoms with Gasteiger partial charge in [0.05, 0.1) is 18.2 Å². The predicted octanol–water partition coefficient (Wildman–Crippen LogP) is 5.01. The van der Waals surface area contributed by atoms with Crippen molar-refractivity contribution in [1.82, 2.24) is 4.98 Å². The quantitative estimate of drug-likeness (QED) is 0.518. The first kappa shape index (κ1) is 18.8. The lowest BCUT2D eigenvalue weighted by molar-refractivity contribution is 0.411. The van der Waals surface area contributed by atoms with Gasteiger partial charge in [0.15, 0.2) is 11.2 Å². The van der Waals surface area contributed by atoms with Crippen LogP contribution in [0.3, 0.4) is 0 Å². The van der Waals surface area contributed by atoms with Crippen LogP contribution in [0.4, 0.5) is 0 Å². The van der Waals surface area contributed by atoms with Crippen LogP contribution in [-0.2, 0) is 0 Å². The summed E-state index contributed by atoms with van der Waals surface area (Å²) < 4.78 is 11.1. The molecule has 29 heavy (non-hydrogen) atoms. The second kappa shape index (κ2) is 7.81. The van der Waals surface area contributed by atoms with Crippen LogP contribution in [0.2, 0.25) is 5.02 Å². The third-order valence-electron chi connectivity index (χ3n) is 4.46. The number of rotatable bonds is 4. The Hall–Kier alpha value is -3.57. The summed E-state index contributed by atoms with van der Waals surface area (Å²) in [6.07, 6.45) is 0. The second-order valence-electron chi connectivity index (χ2n) is 6.32. The molecule has 4 rings (SSSR count). The number of nitrogens with one attached hydrogen (secondary N) is 1. The van der Waals surface area contributed by atoms with E-state index in [-0.39, 0.29) is 16.7 Å². The third kappa shape index (κ3) is 3.73. The van der Waals surface area contributed by atoms with Gasteiger partial charge in [-0.25, -0.2) is 0 Å². The number of aromatic nitrogens is 1. The molecular formula is C23H16ClNO4. The van der Waals surface area contributed by atoms with Crippen molar-refractivity contribution in [2.45, 2.75) is 0 Å². The minimum absolute atomic E-state index is 0.0564. The first-order valence-corrected chi connectivity index (χ1v) is 9.22. The molecule has 0 unspecified atom stereocenters. The van der Waals surface area contributed by atoms with E-state index in [2.05, 4.69) is 4.98 Å². The maximum Gasteiger partial charge on any atom is 0.291 e. The van der Waals surface area contributed by atoms with Gasteiger partial charge in [-0.05, 0) is 48.0 Å². The van der Waals surface area contributed by atoms with Crippen LogP contribution < -0.4 is 20.5 Å². The van der Waals surface area contributed by atoms with E-state index in [1.54, 1.807) is 42.5 Å². The molecule has 0 bridgehead atoms. The summed E-state index contributed by atoms with van der Waals surface area (Å²) in [7, 11) is 1.36. The van der Waals surface area contributed by atoms with Crippen LogP contribution in [-0.4, -0.2) is 12.1 Å². The van der Waals surface area contributed by atoms with Crippen molar-refractivity contribution >= 4 is 22.5 Å². The highest BCUT2D eigenvalue weighted by atomic mass is 35.5. The first-order chi connectivity index (χ1) is 14.1. The van der Waals surface area contributed by atoms with Crippen LogP contribution in [0, 0.1) is 0 Å². The summed E-state index contributed by atoms with van der Waals surface area (Å²) in [6.45, 7) is 0. The number of para-hydroxylation sites is 1. The highest BCUT2D eigenvalue weighted by Gasteiger charge is 2.16. The molecule has 6 heteroatoms. The molecule has 0 atom stereocenters. The van der Waals surface area contributed by atoms with E-state index in [0.717, 1.165) is 0 Å². The van der Waals surface area contributed by atoms with E-state index < -0.39 is 5.56 Å². The standard InChI is InChI=1S/C23H16ClNO4/c1-28-22-20(21(26)18-12-9-15(24)13-19(18)25-23(22)27)14-7-10-17(11-8-14)29-16-5-3-2-4-6-16/h2-13H,1H3,(H,25,27). The topological polar surface area (TPSA) is 68.4 Å². The van der Waals surface area contributed by atoms with Gasteiger partial charge in [-0.2, -0.15) is 0 Å². The van der Waals surface area contributed by atoms with Gasteiger partial charge in [0.2, 0.25) is 0 Å². The highest BCUT2D eigenvalue weighted by molar-refractivity contribution is 6.31. The van der Waals surface area contributed by atoms with Gasteiger partial charge in [0, 0.05) is 10.4 Å². The number of H-pyrrole nitrogens is 1. The van der Waals surface area contributed by atoms with E-state index in [0.29, 0.717) is 33.0 Å². The normalized spacial score (nSPS) is 10.7. The first-order valence-electron chi connectivity index (χ1n) is 8.84. The van der Waals surface area contributed by atoms with Crippen LogP contribution in [0.1, 0.15) is 0 Å². The van der Waals surface area contributed by atoms with Crippen molar-refractivity contribution in [1.29, 1.82) is 0 Å². The molecule has 3 aromatic carbocycles. The second-order valence-corrected chi connectivity index (χ2v) is 6.76. The fourth-order valence-corrected chi connectivity index (χ4v) is 3.29. The van der Waals surface area contributed by atoms with Crippen molar-refractivity contribution in [3.05, 3.63) is 98.4 Å².